The third-order valence-corrected chi connectivity index (χ3v) is 9.54. The summed E-state index contributed by atoms with van der Waals surface area (Å²) in [4.78, 5) is 10.6. The van der Waals surface area contributed by atoms with Crippen LogP contribution >= 0.6 is 0 Å². The van der Waals surface area contributed by atoms with E-state index in [0.717, 1.165) is 39.1 Å². The molecule has 1 aliphatic rings. The quantitative estimate of drug-likeness (QED) is 0.202. The molecule has 0 N–H and O–H groups in total. The molecule has 7 aromatic carbocycles. The molecule has 0 aliphatic heterocycles. The first kappa shape index (κ1) is 26.0. The van der Waals surface area contributed by atoms with Crippen molar-refractivity contribution in [3.05, 3.63) is 164 Å². The van der Waals surface area contributed by atoms with Crippen molar-refractivity contribution >= 4 is 32.6 Å². The average Bonchev–Trinajstić information content (AvgIpc) is 3.43. The molecule has 0 saturated carbocycles. The Kier molecular flexibility index (Phi) is 5.57. The summed E-state index contributed by atoms with van der Waals surface area (Å²) in [6.07, 6.45) is 0. The van der Waals surface area contributed by atoms with Crippen molar-refractivity contribution in [2.75, 3.05) is 0 Å². The molecule has 2 aromatic heterocycles. The highest BCUT2D eigenvalue weighted by Crippen LogP contribution is 2.50. The first-order chi connectivity index (χ1) is 23.3. The molecule has 0 amide bonds. The zero-order valence-electron chi connectivity index (χ0n) is 25.4. The summed E-state index contributed by atoms with van der Waals surface area (Å²) in [6, 6.07) is 58.4. The molecule has 1 aliphatic carbocycles. The first-order valence-electron chi connectivity index (χ1n) is 16.0. The number of hydrogen-bond acceptors (Lipinski definition) is 2. The Bertz CT molecular complexity index is 2590. The second-order valence-corrected chi connectivity index (χ2v) is 12.2. The van der Waals surface area contributed by atoms with Gasteiger partial charge >= 0.3 is 0 Å². The predicted octanol–water partition coefficient (Wildman–Crippen LogP) is 11.4. The number of fused-ring (bicyclic) bond motifs is 2. The fraction of sp³-hybridized carbons (Fsp3) is 0. The summed E-state index contributed by atoms with van der Waals surface area (Å²) in [5.41, 5.74) is 13.4. The van der Waals surface area contributed by atoms with Gasteiger partial charge in [-0.2, -0.15) is 0 Å². The van der Waals surface area contributed by atoms with Gasteiger partial charge in [0.15, 0.2) is 0 Å². The van der Waals surface area contributed by atoms with Crippen LogP contribution in [-0.2, 0) is 0 Å². The minimum Gasteiger partial charge on any atom is -0.278 e. The lowest BCUT2D eigenvalue weighted by Gasteiger charge is -2.15. The second kappa shape index (κ2) is 10.1. The third kappa shape index (κ3) is 3.93. The topological polar surface area (TPSA) is 30.7 Å². The Morgan fingerprint density at radius 2 is 0.851 bits per heavy atom. The summed E-state index contributed by atoms with van der Waals surface area (Å²) < 4.78 is 2.29. The molecule has 47 heavy (non-hydrogen) atoms. The van der Waals surface area contributed by atoms with E-state index in [9.17, 15) is 0 Å². The van der Waals surface area contributed by atoms with Crippen LogP contribution < -0.4 is 0 Å². The molecule has 9 aromatic rings. The molecule has 0 saturated heterocycles. The van der Waals surface area contributed by atoms with Crippen LogP contribution in [0.5, 0.6) is 0 Å². The van der Waals surface area contributed by atoms with Crippen LogP contribution in [0.1, 0.15) is 0 Å². The normalized spacial score (nSPS) is 11.8. The van der Waals surface area contributed by atoms with Crippen molar-refractivity contribution in [1.82, 2.24) is 14.5 Å². The van der Waals surface area contributed by atoms with Crippen LogP contribution in [-0.4, -0.2) is 14.5 Å². The van der Waals surface area contributed by atoms with Crippen LogP contribution in [0.15, 0.2) is 164 Å². The van der Waals surface area contributed by atoms with Gasteiger partial charge in [0.25, 0.3) is 0 Å². The maximum atomic E-state index is 5.31. The van der Waals surface area contributed by atoms with E-state index < -0.39 is 0 Å². The fourth-order valence-corrected chi connectivity index (χ4v) is 7.47. The van der Waals surface area contributed by atoms with Crippen LogP contribution in [0.3, 0.4) is 0 Å². The Balaban J connectivity index is 1.38. The smallest absolute Gasteiger partial charge is 0.235 e. The molecular weight excluding hydrogens is 571 g/mol. The Hall–Kier alpha value is -6.32. The predicted molar refractivity (Wildman–Crippen MR) is 195 cm³/mol. The van der Waals surface area contributed by atoms with Gasteiger partial charge in [-0.15, -0.1) is 0 Å². The molecular formula is C44H27N3. The first-order valence-corrected chi connectivity index (χ1v) is 16.0. The summed E-state index contributed by atoms with van der Waals surface area (Å²) in [5, 5.41) is 5.01. The van der Waals surface area contributed by atoms with Gasteiger partial charge in [-0.05, 0) is 68.4 Å². The van der Waals surface area contributed by atoms with E-state index in [-0.39, 0.29) is 0 Å². The Morgan fingerprint density at radius 1 is 0.340 bits per heavy atom. The van der Waals surface area contributed by atoms with E-state index in [0.29, 0.717) is 5.95 Å². The molecule has 3 nitrogen and oxygen atoms in total. The highest BCUT2D eigenvalue weighted by atomic mass is 15.2. The molecule has 0 unspecified atom stereocenters. The van der Waals surface area contributed by atoms with E-state index in [1.54, 1.807) is 0 Å². The van der Waals surface area contributed by atoms with Gasteiger partial charge in [-0.1, -0.05) is 140 Å². The molecule has 3 heteroatoms. The standard InChI is InChI=1S/C44H27N3/c1-4-13-28(14-5-1)32-25-36-35-22-11-20-31-19-10-21-33(41(31)35)34-23-12-24-39-42(34)43(36)40(26-32)47(39)44-45-37(29-15-6-2-7-16-29)27-38(46-44)30-17-8-3-9-18-30/h1-27H. The minimum atomic E-state index is 0.658. The summed E-state index contributed by atoms with van der Waals surface area (Å²) >= 11 is 0. The zero-order valence-corrected chi connectivity index (χ0v) is 25.4. The van der Waals surface area contributed by atoms with Crippen molar-refractivity contribution < 1.29 is 0 Å². The number of rotatable bonds is 4. The molecule has 0 radical (unpaired) electrons. The van der Waals surface area contributed by atoms with Crippen molar-refractivity contribution in [3.8, 4) is 61.8 Å². The minimum absolute atomic E-state index is 0.658. The highest BCUT2D eigenvalue weighted by molar-refractivity contribution is 6.27. The lowest BCUT2D eigenvalue weighted by atomic mass is 9.92. The van der Waals surface area contributed by atoms with E-state index in [2.05, 4.69) is 156 Å². The van der Waals surface area contributed by atoms with E-state index >= 15 is 0 Å². The van der Waals surface area contributed by atoms with Gasteiger partial charge in [0, 0.05) is 21.9 Å². The molecule has 0 atom stereocenters. The average molecular weight is 598 g/mol. The van der Waals surface area contributed by atoms with Crippen LogP contribution in [0.25, 0.3) is 94.4 Å². The van der Waals surface area contributed by atoms with Gasteiger partial charge in [0.05, 0.1) is 22.4 Å². The molecule has 0 spiro atoms. The maximum absolute atomic E-state index is 5.31. The fourth-order valence-electron chi connectivity index (χ4n) is 7.47. The highest BCUT2D eigenvalue weighted by Gasteiger charge is 2.26. The summed E-state index contributed by atoms with van der Waals surface area (Å²) in [5.74, 6) is 0.658. The van der Waals surface area contributed by atoms with Crippen LogP contribution in [0.2, 0.25) is 0 Å². The number of aromatic nitrogens is 3. The molecule has 0 bridgehead atoms. The Labute approximate surface area is 272 Å². The lowest BCUT2D eigenvalue weighted by molar-refractivity contribution is 0.996. The summed E-state index contributed by atoms with van der Waals surface area (Å²) in [6.45, 7) is 0. The van der Waals surface area contributed by atoms with Gasteiger partial charge in [0.1, 0.15) is 0 Å². The Morgan fingerprint density at radius 3 is 1.47 bits per heavy atom. The molecule has 218 valence electrons. The van der Waals surface area contributed by atoms with Crippen LogP contribution in [0.4, 0.5) is 0 Å². The SMILES string of the molecule is c1ccc(-c2cc3c4c5c(cccc5n(-c5nc(-c6ccccc6)cc(-c6ccccc6)n5)c4c2)-c2cccc4cccc-3c24)cc1. The van der Waals surface area contributed by atoms with Crippen molar-refractivity contribution in [2.45, 2.75) is 0 Å². The maximum Gasteiger partial charge on any atom is 0.235 e. The number of nitrogens with zero attached hydrogens (tertiary/aromatic N) is 3. The third-order valence-electron chi connectivity index (χ3n) is 9.54. The largest absolute Gasteiger partial charge is 0.278 e. The van der Waals surface area contributed by atoms with Gasteiger partial charge in [-0.25, -0.2) is 9.97 Å². The summed E-state index contributed by atoms with van der Waals surface area (Å²) in [7, 11) is 0. The lowest BCUT2D eigenvalue weighted by Crippen LogP contribution is -2.04. The van der Waals surface area contributed by atoms with E-state index in [1.165, 1.54) is 49.4 Å². The molecule has 2 heterocycles. The zero-order chi connectivity index (χ0) is 30.9. The van der Waals surface area contributed by atoms with Gasteiger partial charge < -0.3 is 0 Å². The molecule has 0 fully saturated rings. The number of benzene rings is 7. The molecule has 10 rings (SSSR count). The van der Waals surface area contributed by atoms with Crippen molar-refractivity contribution in [2.24, 2.45) is 0 Å². The van der Waals surface area contributed by atoms with Gasteiger partial charge in [0.2, 0.25) is 5.95 Å². The second-order valence-electron chi connectivity index (χ2n) is 12.2. The van der Waals surface area contributed by atoms with E-state index in [1.807, 2.05) is 12.1 Å². The number of hydrogen-bond donors (Lipinski definition) is 0. The monoisotopic (exact) mass is 597 g/mol. The van der Waals surface area contributed by atoms with Crippen molar-refractivity contribution in [1.29, 1.82) is 0 Å². The van der Waals surface area contributed by atoms with E-state index in [4.69, 9.17) is 9.97 Å². The van der Waals surface area contributed by atoms with Crippen LogP contribution in [0, 0.1) is 0 Å². The van der Waals surface area contributed by atoms with Crippen molar-refractivity contribution in [3.63, 3.8) is 0 Å². The van der Waals surface area contributed by atoms with Gasteiger partial charge in [-0.3, -0.25) is 4.57 Å².